The number of aromatic amines is 1. The number of para-hydroxylation sites is 1. The number of benzene rings is 3. The summed E-state index contributed by atoms with van der Waals surface area (Å²) in [4.78, 5) is 13.1. The van der Waals surface area contributed by atoms with Gasteiger partial charge in [-0.2, -0.15) is 9.49 Å². The topological polar surface area (TPSA) is 124 Å². The van der Waals surface area contributed by atoms with Crippen LogP contribution < -0.4 is 9.47 Å². The molecule has 13 heteroatoms. The van der Waals surface area contributed by atoms with E-state index in [2.05, 4.69) is 10.1 Å². The van der Waals surface area contributed by atoms with Crippen LogP contribution in [0.1, 0.15) is 36.6 Å². The number of rotatable bonds is 8. The number of aromatic nitrogens is 3. The standard InChI is InChI=1S/C31H26F3N3O6S/c1-31(12-15-42-28-17(6-9-24(38)39)4-3-5-20(28)31)23-11-14-37(36-23)22-16-18(7-8-21(22)32)43-29-26(34)25(33)27-19(10-13-35-27)30(29)44(2,40)41/h3-5,7-8,10-11,13-14,16,35H,6,9,12,15H2,1-2H3,(H,38,39)/t31-/m0/s1. The van der Waals surface area contributed by atoms with Crippen molar-refractivity contribution in [2.45, 2.75) is 36.5 Å². The molecule has 1 atom stereocenters. The second-order valence-electron chi connectivity index (χ2n) is 10.8. The molecule has 44 heavy (non-hydrogen) atoms. The van der Waals surface area contributed by atoms with Gasteiger partial charge in [0.1, 0.15) is 27.9 Å². The summed E-state index contributed by atoms with van der Waals surface area (Å²) < 4.78 is 83.2. The van der Waals surface area contributed by atoms with Crippen LogP contribution in [-0.2, 0) is 26.5 Å². The number of nitrogens with one attached hydrogen (secondary N) is 1. The molecule has 3 aromatic carbocycles. The van der Waals surface area contributed by atoms with Gasteiger partial charge in [-0.1, -0.05) is 18.2 Å². The number of hydrogen-bond acceptors (Lipinski definition) is 6. The number of halogens is 3. The molecule has 0 radical (unpaired) electrons. The van der Waals surface area contributed by atoms with Crippen molar-refractivity contribution in [2.24, 2.45) is 0 Å². The fourth-order valence-electron chi connectivity index (χ4n) is 5.62. The largest absolute Gasteiger partial charge is 0.493 e. The Morgan fingerprint density at radius 2 is 1.95 bits per heavy atom. The summed E-state index contributed by atoms with van der Waals surface area (Å²) in [5.74, 6) is -4.84. The van der Waals surface area contributed by atoms with Gasteiger partial charge in [-0.05, 0) is 49.6 Å². The predicted molar refractivity (Wildman–Crippen MR) is 154 cm³/mol. The van der Waals surface area contributed by atoms with Gasteiger partial charge in [-0.15, -0.1) is 0 Å². The number of nitrogens with zero attached hydrogens (tertiary/aromatic N) is 2. The molecule has 0 amide bonds. The Hall–Kier alpha value is -4.78. The lowest BCUT2D eigenvalue weighted by Crippen LogP contribution is -2.32. The lowest BCUT2D eigenvalue weighted by molar-refractivity contribution is -0.136. The van der Waals surface area contributed by atoms with E-state index < -0.39 is 49.3 Å². The number of aliphatic carboxylic acids is 1. The van der Waals surface area contributed by atoms with E-state index in [0.717, 1.165) is 23.4 Å². The van der Waals surface area contributed by atoms with Gasteiger partial charge in [0.2, 0.25) is 5.82 Å². The molecule has 1 aliphatic rings. The summed E-state index contributed by atoms with van der Waals surface area (Å²) in [5.41, 5.74) is 1.12. The Labute approximate surface area is 249 Å². The first-order valence-electron chi connectivity index (χ1n) is 13.6. The molecule has 2 aromatic heterocycles. The van der Waals surface area contributed by atoms with Gasteiger partial charge in [0.05, 0.1) is 17.8 Å². The van der Waals surface area contributed by atoms with Crippen molar-refractivity contribution in [1.29, 1.82) is 0 Å². The van der Waals surface area contributed by atoms with Crippen LogP contribution in [0.3, 0.4) is 0 Å². The molecule has 0 bridgehead atoms. The van der Waals surface area contributed by atoms with Crippen LogP contribution >= 0.6 is 0 Å². The highest BCUT2D eigenvalue weighted by Crippen LogP contribution is 2.45. The third-order valence-electron chi connectivity index (χ3n) is 7.87. The van der Waals surface area contributed by atoms with E-state index in [9.17, 15) is 17.6 Å². The van der Waals surface area contributed by atoms with Crippen LogP contribution in [0.25, 0.3) is 16.6 Å². The van der Waals surface area contributed by atoms with Crippen molar-refractivity contribution >= 4 is 26.7 Å². The van der Waals surface area contributed by atoms with E-state index in [0.29, 0.717) is 30.9 Å². The van der Waals surface area contributed by atoms with Crippen LogP contribution in [0, 0.1) is 17.5 Å². The minimum atomic E-state index is -4.09. The number of ether oxygens (including phenoxy) is 2. The zero-order valence-electron chi connectivity index (χ0n) is 23.5. The fourth-order valence-corrected chi connectivity index (χ4v) is 6.66. The number of sulfone groups is 1. The zero-order chi connectivity index (χ0) is 31.4. The minimum Gasteiger partial charge on any atom is -0.493 e. The van der Waals surface area contributed by atoms with E-state index in [1.165, 1.54) is 29.1 Å². The molecule has 228 valence electrons. The summed E-state index contributed by atoms with van der Waals surface area (Å²) in [6.45, 7) is 2.33. The maximum atomic E-state index is 15.2. The van der Waals surface area contributed by atoms with Gasteiger partial charge in [-0.3, -0.25) is 4.79 Å². The lowest BCUT2D eigenvalue weighted by Gasteiger charge is -2.35. The smallest absolute Gasteiger partial charge is 0.303 e. The van der Waals surface area contributed by atoms with Crippen molar-refractivity contribution in [2.75, 3.05) is 12.9 Å². The monoisotopic (exact) mass is 625 g/mol. The Morgan fingerprint density at radius 1 is 1.16 bits per heavy atom. The third-order valence-corrected chi connectivity index (χ3v) is 9.01. The van der Waals surface area contributed by atoms with Crippen LogP contribution in [0.5, 0.6) is 17.2 Å². The predicted octanol–water partition coefficient (Wildman–Crippen LogP) is 6.07. The highest BCUT2D eigenvalue weighted by atomic mass is 32.2. The summed E-state index contributed by atoms with van der Waals surface area (Å²) in [5, 5.41) is 13.7. The third kappa shape index (κ3) is 4.96. The molecule has 0 saturated heterocycles. The van der Waals surface area contributed by atoms with Gasteiger partial charge in [0, 0.05) is 47.5 Å². The first-order chi connectivity index (χ1) is 20.9. The molecule has 2 N–H and O–H groups in total. The molecular weight excluding hydrogens is 599 g/mol. The lowest BCUT2D eigenvalue weighted by atomic mass is 9.74. The molecule has 0 aliphatic carbocycles. The fraction of sp³-hybridized carbons (Fsp3) is 0.226. The zero-order valence-corrected chi connectivity index (χ0v) is 24.3. The molecule has 5 aromatic rings. The number of hydrogen-bond donors (Lipinski definition) is 2. The maximum Gasteiger partial charge on any atom is 0.303 e. The quantitative estimate of drug-likeness (QED) is 0.201. The minimum absolute atomic E-state index is 0.0515. The summed E-state index contributed by atoms with van der Waals surface area (Å²) in [6.07, 6.45) is 4.47. The molecule has 6 rings (SSSR count). The van der Waals surface area contributed by atoms with Gasteiger partial charge >= 0.3 is 5.97 Å². The number of carboxylic acid groups (broad SMARTS) is 1. The number of carbonyl (C=O) groups is 1. The molecule has 0 spiro atoms. The van der Waals surface area contributed by atoms with Gasteiger partial charge in [-0.25, -0.2) is 21.9 Å². The highest BCUT2D eigenvalue weighted by molar-refractivity contribution is 7.91. The van der Waals surface area contributed by atoms with Crippen LogP contribution in [0.4, 0.5) is 13.2 Å². The van der Waals surface area contributed by atoms with E-state index >= 15 is 8.78 Å². The molecule has 0 fully saturated rings. The van der Waals surface area contributed by atoms with E-state index in [4.69, 9.17) is 14.6 Å². The van der Waals surface area contributed by atoms with E-state index in [1.807, 2.05) is 25.1 Å². The van der Waals surface area contributed by atoms with Crippen molar-refractivity contribution < 1.29 is 41.0 Å². The Kier molecular flexibility index (Phi) is 7.15. The van der Waals surface area contributed by atoms with Crippen LogP contribution in [-0.4, -0.2) is 47.1 Å². The average Bonchev–Trinajstić information content (AvgIpc) is 3.66. The van der Waals surface area contributed by atoms with Crippen molar-refractivity contribution in [3.8, 4) is 22.9 Å². The Bertz CT molecular complexity index is 2060. The summed E-state index contributed by atoms with van der Waals surface area (Å²) in [7, 11) is -4.09. The molecule has 3 heterocycles. The van der Waals surface area contributed by atoms with E-state index in [1.54, 1.807) is 12.3 Å². The average molecular weight is 626 g/mol. The van der Waals surface area contributed by atoms with Crippen LogP contribution in [0.2, 0.25) is 0 Å². The van der Waals surface area contributed by atoms with Crippen molar-refractivity contribution in [3.63, 3.8) is 0 Å². The number of aryl methyl sites for hydroxylation is 1. The number of fused-ring (bicyclic) bond motifs is 2. The van der Waals surface area contributed by atoms with Gasteiger partial charge in [0.15, 0.2) is 21.4 Å². The normalized spacial score (nSPS) is 16.5. The second-order valence-corrected chi connectivity index (χ2v) is 12.8. The van der Waals surface area contributed by atoms with Crippen molar-refractivity contribution in [1.82, 2.24) is 14.8 Å². The van der Waals surface area contributed by atoms with Gasteiger partial charge < -0.3 is 19.6 Å². The molecule has 1 aliphatic heterocycles. The molecule has 0 saturated carbocycles. The molecule has 9 nitrogen and oxygen atoms in total. The SMILES string of the molecule is C[C@]1(c2ccn(-c3cc(Oc4c(F)c(F)c5[nH]ccc5c4S(C)(=O)=O)ccc3F)n2)CCOc2c(CCC(=O)O)cccc21. The number of carboxylic acids is 1. The Morgan fingerprint density at radius 3 is 2.70 bits per heavy atom. The van der Waals surface area contributed by atoms with Crippen molar-refractivity contribution in [3.05, 3.63) is 95.2 Å². The maximum absolute atomic E-state index is 15.2. The summed E-state index contributed by atoms with van der Waals surface area (Å²) >= 11 is 0. The van der Waals surface area contributed by atoms with Crippen LogP contribution in [0.15, 0.2) is 65.8 Å². The first kappa shape index (κ1) is 29.3. The first-order valence-corrected chi connectivity index (χ1v) is 15.5. The molecule has 0 unspecified atom stereocenters. The highest BCUT2D eigenvalue weighted by Gasteiger charge is 2.38. The second kappa shape index (κ2) is 10.7. The van der Waals surface area contributed by atoms with Gasteiger partial charge in [0.25, 0.3) is 0 Å². The number of H-pyrrole nitrogens is 1. The molecular formula is C31H26F3N3O6S. The van der Waals surface area contributed by atoms with E-state index in [-0.39, 0.29) is 28.8 Å². The summed E-state index contributed by atoms with van der Waals surface area (Å²) in [6, 6.07) is 12.0. The Balaban J connectivity index is 1.38.